The van der Waals surface area contributed by atoms with Crippen molar-refractivity contribution < 1.29 is 0 Å². The minimum atomic E-state index is 0.618. The van der Waals surface area contributed by atoms with Crippen LogP contribution in [-0.4, -0.2) is 19.9 Å². The van der Waals surface area contributed by atoms with Crippen molar-refractivity contribution in [1.82, 2.24) is 19.9 Å². The van der Waals surface area contributed by atoms with E-state index in [1.807, 2.05) is 11.3 Å². The van der Waals surface area contributed by atoms with Gasteiger partial charge in [-0.1, -0.05) is 140 Å². The van der Waals surface area contributed by atoms with Crippen molar-refractivity contribution in [3.63, 3.8) is 0 Å². The third-order valence-corrected chi connectivity index (χ3v) is 15.9. The first-order valence-electron chi connectivity index (χ1n) is 22.2. The number of benzene rings is 11. The van der Waals surface area contributed by atoms with Gasteiger partial charge in [0, 0.05) is 78.8 Å². The molecular formula is C60H32N4S2. The molecule has 0 N–H and O–H groups in total. The molecule has 4 heterocycles. The highest BCUT2D eigenvalue weighted by Gasteiger charge is 2.21. The minimum absolute atomic E-state index is 0.618. The van der Waals surface area contributed by atoms with E-state index in [4.69, 9.17) is 19.9 Å². The third kappa shape index (κ3) is 5.31. The molecule has 66 heavy (non-hydrogen) atoms. The molecule has 0 aliphatic carbocycles. The maximum atomic E-state index is 5.58. The quantitative estimate of drug-likeness (QED) is 0.165. The van der Waals surface area contributed by atoms with Gasteiger partial charge in [-0.05, 0) is 97.7 Å². The molecule has 6 heteroatoms. The third-order valence-electron chi connectivity index (χ3n) is 13.6. The van der Waals surface area contributed by atoms with E-state index in [0.717, 1.165) is 55.0 Å². The Morgan fingerprint density at radius 2 is 0.848 bits per heavy atom. The molecule has 0 amide bonds. The molecule has 0 fully saturated rings. The standard InChI is InChI=1S/C60H32N4S2/c1-2-13-41-33(9-1)10-8-16-44(41)60-63-58(62-59(64-60)39-23-25-43-42-14-3-5-17-49(42)66-52(43)32-39)38-24-27-48-47(31-38)55-46(26-28-51-56(55)45-15-4-6-18-50(45)65-51)57(61-48)40-29-36-21-19-34-11-7-12-35-20-22-37(30-40)54(36)53(34)35/h1-32H. The molecule has 15 rings (SSSR count). The fraction of sp³-hybridized carbons (Fsp3) is 0. The lowest BCUT2D eigenvalue weighted by molar-refractivity contribution is 1.08. The van der Waals surface area contributed by atoms with Gasteiger partial charge in [0.1, 0.15) is 0 Å². The Labute approximate surface area is 385 Å². The molecule has 0 radical (unpaired) electrons. The van der Waals surface area contributed by atoms with E-state index in [-0.39, 0.29) is 0 Å². The molecule has 11 aromatic carbocycles. The summed E-state index contributed by atoms with van der Waals surface area (Å²) in [7, 11) is 0. The average molecular weight is 873 g/mol. The van der Waals surface area contributed by atoms with Crippen LogP contribution in [0, 0.1) is 0 Å². The zero-order chi connectivity index (χ0) is 43.0. The summed E-state index contributed by atoms with van der Waals surface area (Å²) in [6, 6.07) is 70.2. The molecular weight excluding hydrogens is 841 g/mol. The van der Waals surface area contributed by atoms with Crippen LogP contribution in [0.3, 0.4) is 0 Å². The summed E-state index contributed by atoms with van der Waals surface area (Å²) < 4.78 is 4.99. The maximum Gasteiger partial charge on any atom is 0.164 e. The van der Waals surface area contributed by atoms with Crippen molar-refractivity contribution in [2.24, 2.45) is 0 Å². The highest BCUT2D eigenvalue weighted by Crippen LogP contribution is 2.46. The molecule has 15 aromatic rings. The highest BCUT2D eigenvalue weighted by atomic mass is 32.1. The molecule has 0 spiro atoms. The maximum absolute atomic E-state index is 5.58. The van der Waals surface area contributed by atoms with Crippen LogP contribution in [0.4, 0.5) is 0 Å². The smallest absolute Gasteiger partial charge is 0.164 e. The number of fused-ring (bicyclic) bond motifs is 11. The Morgan fingerprint density at radius 3 is 1.67 bits per heavy atom. The van der Waals surface area contributed by atoms with E-state index in [1.54, 1.807) is 11.3 Å². The van der Waals surface area contributed by atoms with Crippen LogP contribution in [-0.2, 0) is 0 Å². The molecule has 0 unspecified atom stereocenters. The number of pyridine rings is 1. The molecule has 0 aliphatic heterocycles. The van der Waals surface area contributed by atoms with Gasteiger partial charge < -0.3 is 0 Å². The summed E-state index contributed by atoms with van der Waals surface area (Å²) in [6.45, 7) is 0. The average Bonchev–Trinajstić information content (AvgIpc) is 3.95. The van der Waals surface area contributed by atoms with Crippen molar-refractivity contribution in [2.75, 3.05) is 0 Å². The number of thiophene rings is 2. The van der Waals surface area contributed by atoms with Crippen molar-refractivity contribution >= 4 is 128 Å². The largest absolute Gasteiger partial charge is 0.247 e. The summed E-state index contributed by atoms with van der Waals surface area (Å²) in [5.74, 6) is 1.90. The van der Waals surface area contributed by atoms with Gasteiger partial charge in [0.15, 0.2) is 17.5 Å². The second kappa shape index (κ2) is 13.7. The van der Waals surface area contributed by atoms with Crippen LogP contribution >= 0.6 is 22.7 Å². The first kappa shape index (κ1) is 36.2. The lowest BCUT2D eigenvalue weighted by Gasteiger charge is -2.16. The molecule has 0 aliphatic rings. The van der Waals surface area contributed by atoms with Gasteiger partial charge in [-0.15, -0.1) is 22.7 Å². The van der Waals surface area contributed by atoms with E-state index >= 15 is 0 Å². The predicted molar refractivity (Wildman–Crippen MR) is 281 cm³/mol. The van der Waals surface area contributed by atoms with Crippen LogP contribution < -0.4 is 0 Å². The molecule has 4 aromatic heterocycles. The monoisotopic (exact) mass is 872 g/mol. The van der Waals surface area contributed by atoms with Gasteiger partial charge in [0.2, 0.25) is 0 Å². The first-order valence-corrected chi connectivity index (χ1v) is 23.8. The van der Waals surface area contributed by atoms with Gasteiger partial charge in [-0.25, -0.2) is 19.9 Å². The van der Waals surface area contributed by atoms with Gasteiger partial charge >= 0.3 is 0 Å². The lowest BCUT2D eigenvalue weighted by atomic mass is 9.90. The number of rotatable bonds is 4. The van der Waals surface area contributed by atoms with Crippen LogP contribution in [0.15, 0.2) is 194 Å². The van der Waals surface area contributed by atoms with Crippen LogP contribution in [0.25, 0.3) is 151 Å². The second-order valence-electron chi connectivity index (χ2n) is 17.3. The summed E-state index contributed by atoms with van der Waals surface area (Å²) in [4.78, 5) is 21.5. The van der Waals surface area contributed by atoms with Crippen LogP contribution in [0.2, 0.25) is 0 Å². The van der Waals surface area contributed by atoms with Crippen molar-refractivity contribution in [2.45, 2.75) is 0 Å². The van der Waals surface area contributed by atoms with Gasteiger partial charge in [0.25, 0.3) is 0 Å². The number of aromatic nitrogens is 4. The SMILES string of the molecule is c1ccc2c(-c3nc(-c4ccc5c(c4)sc4ccccc45)nc(-c4ccc5nc(-c6cc7ccc8cccc9ccc(c6)c7c89)c6ccc7sc8ccccc8c7c6c5c4)n3)cccc2c1. The topological polar surface area (TPSA) is 51.6 Å². The predicted octanol–water partition coefficient (Wildman–Crippen LogP) is 17.0. The van der Waals surface area contributed by atoms with Gasteiger partial charge in [-0.3, -0.25) is 0 Å². The molecule has 0 saturated heterocycles. The number of nitrogens with zero attached hydrogens (tertiary/aromatic N) is 4. The molecule has 304 valence electrons. The Kier molecular flexibility index (Phi) is 7.50. The van der Waals surface area contributed by atoms with Gasteiger partial charge in [-0.2, -0.15) is 0 Å². The summed E-state index contributed by atoms with van der Waals surface area (Å²) >= 11 is 3.65. The van der Waals surface area contributed by atoms with Crippen molar-refractivity contribution in [1.29, 1.82) is 0 Å². The fourth-order valence-electron chi connectivity index (χ4n) is 10.6. The number of hydrogen-bond acceptors (Lipinski definition) is 6. The normalized spacial score (nSPS) is 12.2. The Bertz CT molecular complexity index is 4480. The van der Waals surface area contributed by atoms with Crippen molar-refractivity contribution in [3.05, 3.63) is 194 Å². The fourth-order valence-corrected chi connectivity index (χ4v) is 12.9. The van der Waals surface area contributed by atoms with Crippen LogP contribution in [0.1, 0.15) is 0 Å². The zero-order valence-corrected chi connectivity index (χ0v) is 36.7. The summed E-state index contributed by atoms with van der Waals surface area (Å²) in [6.07, 6.45) is 0. The van der Waals surface area contributed by atoms with E-state index in [9.17, 15) is 0 Å². The molecule has 0 saturated carbocycles. The number of hydrogen-bond donors (Lipinski definition) is 0. The van der Waals surface area contributed by atoms with Gasteiger partial charge in [0.05, 0.1) is 11.2 Å². The Balaban J connectivity index is 0.991. The minimum Gasteiger partial charge on any atom is -0.247 e. The molecule has 0 atom stereocenters. The Hall–Kier alpha value is -8.16. The Morgan fingerprint density at radius 1 is 0.273 bits per heavy atom. The molecule has 4 nitrogen and oxygen atoms in total. The van der Waals surface area contributed by atoms with E-state index < -0.39 is 0 Å². The van der Waals surface area contributed by atoms with E-state index in [1.165, 1.54) is 78.0 Å². The summed E-state index contributed by atoms with van der Waals surface area (Å²) in [5, 5.41) is 18.2. The van der Waals surface area contributed by atoms with Crippen molar-refractivity contribution in [3.8, 4) is 45.4 Å². The zero-order valence-electron chi connectivity index (χ0n) is 35.1. The summed E-state index contributed by atoms with van der Waals surface area (Å²) in [5.41, 5.74) is 5.84. The second-order valence-corrected chi connectivity index (χ2v) is 19.5. The first-order chi connectivity index (χ1) is 32.7. The van der Waals surface area contributed by atoms with E-state index in [2.05, 4.69) is 194 Å². The molecule has 0 bridgehead atoms. The van der Waals surface area contributed by atoms with E-state index in [0.29, 0.717) is 17.5 Å². The van der Waals surface area contributed by atoms with Crippen LogP contribution in [0.5, 0.6) is 0 Å². The highest BCUT2D eigenvalue weighted by molar-refractivity contribution is 7.26. The lowest BCUT2D eigenvalue weighted by Crippen LogP contribution is -2.01.